The molecule has 0 aromatic rings. The molecule has 0 fully saturated rings. The van der Waals surface area contributed by atoms with Crippen LogP contribution in [-0.4, -0.2) is 12.6 Å². The number of carbonyl (C=O) groups is 1. The maximum Gasteiger partial charge on any atom is 0.330 e. The van der Waals surface area contributed by atoms with Crippen molar-refractivity contribution in [1.29, 1.82) is 0 Å². The summed E-state index contributed by atoms with van der Waals surface area (Å²) in [5.74, 6) is -0.324. The molecule has 0 atom stereocenters. The Labute approximate surface area is 99.4 Å². The predicted octanol–water partition coefficient (Wildman–Crippen LogP) is 4.02. The van der Waals surface area contributed by atoms with Gasteiger partial charge in [-0.15, -0.1) is 0 Å². The molecule has 0 heterocycles. The molecule has 0 aromatic heterocycles. The minimum atomic E-state index is -0.324. The van der Waals surface area contributed by atoms with Crippen LogP contribution in [0.4, 0.5) is 0 Å². The van der Waals surface area contributed by atoms with Crippen LogP contribution in [0.15, 0.2) is 24.8 Å². The fraction of sp³-hybridized carbons (Fsp3) is 0.643. The van der Waals surface area contributed by atoms with E-state index in [4.69, 9.17) is 4.74 Å². The van der Waals surface area contributed by atoms with Gasteiger partial charge in [0.15, 0.2) is 0 Å². The van der Waals surface area contributed by atoms with Gasteiger partial charge in [-0.25, -0.2) is 4.79 Å². The summed E-state index contributed by atoms with van der Waals surface area (Å²) in [6.07, 6.45) is 13.9. The fourth-order valence-corrected chi connectivity index (χ4v) is 1.34. The number of allylic oxidation sites excluding steroid dienone is 2. The zero-order valence-electron chi connectivity index (χ0n) is 10.4. The molecule has 0 aromatic carbocycles. The summed E-state index contributed by atoms with van der Waals surface area (Å²) in [4.78, 5) is 10.7. The monoisotopic (exact) mass is 224 g/mol. The molecular weight excluding hydrogens is 200 g/mol. The highest BCUT2D eigenvalue weighted by Crippen LogP contribution is 2.02. The van der Waals surface area contributed by atoms with Crippen molar-refractivity contribution < 1.29 is 9.53 Å². The lowest BCUT2D eigenvalue weighted by atomic mass is 10.2. The van der Waals surface area contributed by atoms with Gasteiger partial charge in [-0.05, 0) is 32.1 Å². The van der Waals surface area contributed by atoms with Gasteiger partial charge in [-0.3, -0.25) is 0 Å². The zero-order chi connectivity index (χ0) is 12.1. The predicted molar refractivity (Wildman–Crippen MR) is 68.3 cm³/mol. The van der Waals surface area contributed by atoms with Crippen molar-refractivity contribution in [1.82, 2.24) is 0 Å². The molecule has 0 aliphatic heterocycles. The van der Waals surface area contributed by atoms with Gasteiger partial charge in [0.2, 0.25) is 0 Å². The number of hydrogen-bond acceptors (Lipinski definition) is 2. The van der Waals surface area contributed by atoms with Gasteiger partial charge < -0.3 is 4.74 Å². The maximum atomic E-state index is 10.7. The van der Waals surface area contributed by atoms with Gasteiger partial charge in [0, 0.05) is 6.08 Å². The summed E-state index contributed by atoms with van der Waals surface area (Å²) >= 11 is 0. The summed E-state index contributed by atoms with van der Waals surface area (Å²) in [6.45, 7) is 6.06. The molecule has 0 aliphatic rings. The van der Waals surface area contributed by atoms with Crippen LogP contribution in [0.2, 0.25) is 0 Å². The molecule has 2 heteroatoms. The molecule has 0 unspecified atom stereocenters. The Hall–Kier alpha value is -1.05. The van der Waals surface area contributed by atoms with E-state index in [0.717, 1.165) is 19.3 Å². The van der Waals surface area contributed by atoms with E-state index in [1.54, 1.807) is 0 Å². The Morgan fingerprint density at radius 3 is 2.31 bits per heavy atom. The Balaban J connectivity index is 3.14. The molecule has 92 valence electrons. The normalized spacial score (nSPS) is 10.6. The van der Waals surface area contributed by atoms with Crippen LogP contribution in [0, 0.1) is 0 Å². The van der Waals surface area contributed by atoms with Gasteiger partial charge in [-0.1, -0.05) is 38.5 Å². The van der Waals surface area contributed by atoms with E-state index < -0.39 is 0 Å². The van der Waals surface area contributed by atoms with Crippen molar-refractivity contribution >= 4 is 5.97 Å². The van der Waals surface area contributed by atoms with E-state index >= 15 is 0 Å². The van der Waals surface area contributed by atoms with Crippen molar-refractivity contribution in [2.24, 2.45) is 0 Å². The van der Waals surface area contributed by atoms with Crippen molar-refractivity contribution in [3.63, 3.8) is 0 Å². The van der Waals surface area contributed by atoms with Gasteiger partial charge >= 0.3 is 5.97 Å². The molecule has 0 spiro atoms. The van der Waals surface area contributed by atoms with Gasteiger partial charge in [0.1, 0.15) is 0 Å². The minimum Gasteiger partial charge on any atom is -0.463 e. The van der Waals surface area contributed by atoms with Crippen LogP contribution in [0.5, 0.6) is 0 Å². The first-order chi connectivity index (χ1) is 7.81. The van der Waals surface area contributed by atoms with Crippen LogP contribution in [-0.2, 0) is 9.53 Å². The first-order valence-electron chi connectivity index (χ1n) is 6.25. The van der Waals surface area contributed by atoms with Crippen LogP contribution in [0.3, 0.4) is 0 Å². The van der Waals surface area contributed by atoms with E-state index in [2.05, 4.69) is 25.7 Å². The molecule has 16 heavy (non-hydrogen) atoms. The summed E-state index contributed by atoms with van der Waals surface area (Å²) in [5.41, 5.74) is 0. The number of hydrogen-bond donors (Lipinski definition) is 0. The molecule has 0 radical (unpaired) electrons. The van der Waals surface area contributed by atoms with Crippen molar-refractivity contribution in [2.45, 2.75) is 51.9 Å². The Kier molecular flexibility index (Phi) is 11.2. The Morgan fingerprint density at radius 1 is 1.12 bits per heavy atom. The van der Waals surface area contributed by atoms with Crippen LogP contribution >= 0.6 is 0 Å². The number of carbonyl (C=O) groups excluding carboxylic acids is 1. The lowest BCUT2D eigenvalue weighted by Gasteiger charge is -1.99. The maximum absolute atomic E-state index is 10.7. The molecule has 0 N–H and O–H groups in total. The zero-order valence-corrected chi connectivity index (χ0v) is 10.4. The third-order valence-electron chi connectivity index (χ3n) is 2.32. The van der Waals surface area contributed by atoms with Crippen LogP contribution in [0.25, 0.3) is 0 Å². The molecule has 0 saturated heterocycles. The molecule has 2 nitrogen and oxygen atoms in total. The first kappa shape index (κ1) is 14.9. The average molecular weight is 224 g/mol. The van der Waals surface area contributed by atoms with Gasteiger partial charge in [0.05, 0.1) is 6.61 Å². The van der Waals surface area contributed by atoms with Crippen molar-refractivity contribution in [3.8, 4) is 0 Å². The molecule has 0 saturated carbocycles. The second-order valence-electron chi connectivity index (χ2n) is 3.83. The van der Waals surface area contributed by atoms with Crippen LogP contribution in [0.1, 0.15) is 51.9 Å². The highest BCUT2D eigenvalue weighted by molar-refractivity contribution is 5.81. The van der Waals surface area contributed by atoms with Gasteiger partial charge in [-0.2, -0.15) is 0 Å². The summed E-state index contributed by atoms with van der Waals surface area (Å²) in [7, 11) is 0. The first-order valence-corrected chi connectivity index (χ1v) is 6.25. The molecule has 0 aliphatic carbocycles. The topological polar surface area (TPSA) is 26.3 Å². The second-order valence-corrected chi connectivity index (χ2v) is 3.83. The van der Waals surface area contributed by atoms with E-state index in [1.807, 2.05) is 0 Å². The van der Waals surface area contributed by atoms with Crippen molar-refractivity contribution in [3.05, 3.63) is 24.8 Å². The van der Waals surface area contributed by atoms with E-state index in [1.165, 1.54) is 31.8 Å². The standard InChI is InChI=1S/C14H24O2/c1-3-5-6-7-8-9-10-11-12-13-16-14(15)4-2/h4,8-9H,2-3,5-7,10-13H2,1H3/b9-8+. The highest BCUT2D eigenvalue weighted by atomic mass is 16.5. The average Bonchev–Trinajstić information content (AvgIpc) is 2.31. The third-order valence-corrected chi connectivity index (χ3v) is 2.32. The largest absolute Gasteiger partial charge is 0.463 e. The molecule has 0 amide bonds. The quantitative estimate of drug-likeness (QED) is 0.242. The minimum absolute atomic E-state index is 0.324. The number of rotatable bonds is 10. The number of esters is 1. The lowest BCUT2D eigenvalue weighted by Crippen LogP contribution is -2.01. The highest BCUT2D eigenvalue weighted by Gasteiger charge is 1.93. The lowest BCUT2D eigenvalue weighted by molar-refractivity contribution is -0.137. The molecular formula is C14H24O2. The van der Waals surface area contributed by atoms with E-state index in [9.17, 15) is 4.79 Å². The van der Waals surface area contributed by atoms with Gasteiger partial charge in [0.25, 0.3) is 0 Å². The molecule has 0 rings (SSSR count). The summed E-state index contributed by atoms with van der Waals surface area (Å²) < 4.78 is 4.87. The fourth-order valence-electron chi connectivity index (χ4n) is 1.34. The van der Waals surface area contributed by atoms with Crippen LogP contribution < -0.4 is 0 Å². The Morgan fingerprint density at radius 2 is 1.75 bits per heavy atom. The van der Waals surface area contributed by atoms with E-state index in [0.29, 0.717) is 6.61 Å². The summed E-state index contributed by atoms with van der Waals surface area (Å²) in [6, 6.07) is 0. The van der Waals surface area contributed by atoms with E-state index in [-0.39, 0.29) is 5.97 Å². The summed E-state index contributed by atoms with van der Waals surface area (Å²) in [5, 5.41) is 0. The second kappa shape index (κ2) is 12.0. The third kappa shape index (κ3) is 11.0. The smallest absolute Gasteiger partial charge is 0.330 e. The molecule has 0 bridgehead atoms. The SMILES string of the molecule is C=CC(=O)OCCCC/C=C/CCCCC. The Bertz CT molecular complexity index is 207. The van der Waals surface area contributed by atoms with Crippen molar-refractivity contribution in [2.75, 3.05) is 6.61 Å². The number of unbranched alkanes of at least 4 members (excludes halogenated alkanes) is 5. The number of ether oxygens (including phenoxy) is 1.